The molecule has 0 spiro atoms. The molecule has 0 aliphatic rings. The number of fused-ring (bicyclic) bond motifs is 1. The van der Waals surface area contributed by atoms with Gasteiger partial charge in [0.1, 0.15) is 5.82 Å². The van der Waals surface area contributed by atoms with Crippen molar-refractivity contribution in [3.63, 3.8) is 0 Å². The van der Waals surface area contributed by atoms with Gasteiger partial charge >= 0.3 is 0 Å². The predicted octanol–water partition coefficient (Wildman–Crippen LogP) is 4.30. The van der Waals surface area contributed by atoms with Crippen LogP contribution < -0.4 is 10.7 Å². The van der Waals surface area contributed by atoms with E-state index < -0.39 is 0 Å². The van der Waals surface area contributed by atoms with Gasteiger partial charge in [-0.25, -0.2) is 4.39 Å². The van der Waals surface area contributed by atoms with Gasteiger partial charge in [-0.15, -0.1) is 0 Å². The molecule has 0 saturated heterocycles. The number of thiocarbonyl (C=S) groups is 1. The number of rotatable bonds is 3. The molecule has 5 heteroatoms. The van der Waals surface area contributed by atoms with Crippen molar-refractivity contribution in [1.29, 1.82) is 0 Å². The molecule has 0 aliphatic carbocycles. The van der Waals surface area contributed by atoms with Crippen molar-refractivity contribution >= 4 is 40.0 Å². The normalized spacial score (nSPS) is 10.8. The van der Waals surface area contributed by atoms with Gasteiger partial charge in [-0.05, 0) is 35.1 Å². The number of hydrogen-bond acceptors (Lipinski definition) is 2. The molecule has 0 unspecified atom stereocenters. The Balaban J connectivity index is 1.69. The molecule has 3 nitrogen and oxygen atoms in total. The highest BCUT2D eigenvalue weighted by atomic mass is 32.1. The van der Waals surface area contributed by atoms with E-state index in [0.717, 1.165) is 16.3 Å². The Morgan fingerprint density at radius 1 is 0.957 bits per heavy atom. The number of nitrogens with zero attached hydrogens (tertiary/aromatic N) is 1. The van der Waals surface area contributed by atoms with Crippen molar-refractivity contribution in [2.75, 3.05) is 5.32 Å². The average molecular weight is 323 g/mol. The molecule has 0 heterocycles. The van der Waals surface area contributed by atoms with E-state index in [2.05, 4.69) is 15.8 Å². The molecule has 3 rings (SSSR count). The van der Waals surface area contributed by atoms with Gasteiger partial charge in [-0.1, -0.05) is 54.6 Å². The molecule has 0 aromatic heterocycles. The van der Waals surface area contributed by atoms with Crippen LogP contribution in [-0.4, -0.2) is 11.3 Å². The van der Waals surface area contributed by atoms with Crippen molar-refractivity contribution in [1.82, 2.24) is 5.43 Å². The Labute approximate surface area is 138 Å². The largest absolute Gasteiger partial charge is 0.329 e. The second-order valence-corrected chi connectivity index (χ2v) is 5.28. The van der Waals surface area contributed by atoms with E-state index in [1.807, 2.05) is 42.5 Å². The first-order chi connectivity index (χ1) is 11.2. The molecule has 0 bridgehead atoms. The van der Waals surface area contributed by atoms with Crippen LogP contribution in [-0.2, 0) is 0 Å². The predicted molar refractivity (Wildman–Crippen MR) is 97.3 cm³/mol. The maximum atomic E-state index is 13.5. The molecular weight excluding hydrogens is 309 g/mol. The molecule has 114 valence electrons. The zero-order valence-electron chi connectivity index (χ0n) is 12.2. The Hall–Kier alpha value is -2.79. The van der Waals surface area contributed by atoms with Crippen molar-refractivity contribution in [3.8, 4) is 0 Å². The second kappa shape index (κ2) is 6.98. The number of hydrogen-bond donors (Lipinski definition) is 2. The van der Waals surface area contributed by atoms with Crippen LogP contribution in [0.1, 0.15) is 5.56 Å². The summed E-state index contributed by atoms with van der Waals surface area (Å²) in [6.07, 6.45) is 1.69. The van der Waals surface area contributed by atoms with Gasteiger partial charge in [0.05, 0.1) is 11.9 Å². The molecule has 0 fully saturated rings. The van der Waals surface area contributed by atoms with Crippen LogP contribution >= 0.6 is 12.2 Å². The summed E-state index contributed by atoms with van der Waals surface area (Å²) < 4.78 is 13.5. The molecule has 0 atom stereocenters. The first-order valence-electron chi connectivity index (χ1n) is 7.06. The minimum absolute atomic E-state index is 0.228. The van der Waals surface area contributed by atoms with Crippen molar-refractivity contribution < 1.29 is 4.39 Å². The molecule has 3 aromatic rings. The first kappa shape index (κ1) is 15.1. The van der Waals surface area contributed by atoms with E-state index in [-0.39, 0.29) is 10.9 Å². The Bertz CT molecular complexity index is 872. The first-order valence-corrected chi connectivity index (χ1v) is 7.47. The third-order valence-corrected chi connectivity index (χ3v) is 3.51. The highest BCUT2D eigenvalue weighted by molar-refractivity contribution is 7.80. The highest BCUT2D eigenvalue weighted by Gasteiger charge is 2.02. The van der Waals surface area contributed by atoms with E-state index in [1.165, 1.54) is 6.07 Å². The van der Waals surface area contributed by atoms with E-state index in [9.17, 15) is 4.39 Å². The Kier molecular flexibility index (Phi) is 4.59. The van der Waals surface area contributed by atoms with Gasteiger partial charge in [0, 0.05) is 5.56 Å². The van der Waals surface area contributed by atoms with E-state index in [1.54, 1.807) is 24.4 Å². The van der Waals surface area contributed by atoms with Crippen LogP contribution in [0, 0.1) is 5.82 Å². The van der Waals surface area contributed by atoms with Crippen LogP contribution in [0.15, 0.2) is 71.8 Å². The van der Waals surface area contributed by atoms with Crippen LogP contribution in [0.5, 0.6) is 0 Å². The summed E-state index contributed by atoms with van der Waals surface area (Å²) in [4.78, 5) is 0. The van der Waals surface area contributed by atoms with Crippen LogP contribution in [0.3, 0.4) is 0 Å². The summed E-state index contributed by atoms with van der Waals surface area (Å²) in [5, 5.41) is 9.36. The fraction of sp³-hybridized carbons (Fsp3) is 0. The number of nitrogens with one attached hydrogen (secondary N) is 2. The summed E-state index contributed by atoms with van der Waals surface area (Å²) >= 11 is 5.10. The smallest absolute Gasteiger partial charge is 0.191 e. The lowest BCUT2D eigenvalue weighted by molar-refractivity contribution is 0.632. The van der Waals surface area contributed by atoms with Gasteiger partial charge in [0.15, 0.2) is 5.11 Å². The SMILES string of the molecule is Fc1ccccc1NC(=S)N/N=C\c1cccc2ccccc12. The Morgan fingerprint density at radius 3 is 2.57 bits per heavy atom. The van der Waals surface area contributed by atoms with Gasteiger partial charge in [-0.3, -0.25) is 5.43 Å². The molecule has 2 N–H and O–H groups in total. The van der Waals surface area contributed by atoms with Gasteiger partial charge < -0.3 is 5.32 Å². The highest BCUT2D eigenvalue weighted by Crippen LogP contribution is 2.16. The second-order valence-electron chi connectivity index (χ2n) is 4.87. The van der Waals surface area contributed by atoms with Gasteiger partial charge in [-0.2, -0.15) is 5.10 Å². The van der Waals surface area contributed by atoms with Crippen molar-refractivity contribution in [2.45, 2.75) is 0 Å². The summed E-state index contributed by atoms with van der Waals surface area (Å²) in [7, 11) is 0. The van der Waals surface area contributed by atoms with E-state index in [4.69, 9.17) is 12.2 Å². The van der Waals surface area contributed by atoms with Crippen LogP contribution in [0.4, 0.5) is 10.1 Å². The average Bonchev–Trinajstić information content (AvgIpc) is 2.57. The molecule has 0 amide bonds. The number of halogens is 1. The maximum absolute atomic E-state index is 13.5. The maximum Gasteiger partial charge on any atom is 0.191 e. The number of para-hydroxylation sites is 1. The fourth-order valence-electron chi connectivity index (χ4n) is 2.24. The summed E-state index contributed by atoms with van der Waals surface area (Å²) in [5.74, 6) is -0.366. The van der Waals surface area contributed by atoms with Crippen molar-refractivity contribution in [3.05, 3.63) is 78.1 Å². The molecule has 0 aliphatic heterocycles. The number of hydrazone groups is 1. The van der Waals surface area contributed by atoms with Crippen LogP contribution in [0.25, 0.3) is 10.8 Å². The lowest BCUT2D eigenvalue weighted by Crippen LogP contribution is -2.24. The summed E-state index contributed by atoms with van der Waals surface area (Å²) in [6.45, 7) is 0. The number of benzene rings is 3. The summed E-state index contributed by atoms with van der Waals surface area (Å²) in [6, 6.07) is 20.4. The minimum atomic E-state index is -0.366. The van der Waals surface area contributed by atoms with Crippen molar-refractivity contribution in [2.24, 2.45) is 5.10 Å². The number of anilines is 1. The third-order valence-electron chi connectivity index (χ3n) is 3.32. The molecule has 3 aromatic carbocycles. The van der Waals surface area contributed by atoms with Crippen LogP contribution in [0.2, 0.25) is 0 Å². The van der Waals surface area contributed by atoms with Gasteiger partial charge in [0.2, 0.25) is 0 Å². The molecular formula is C18H14FN3S. The molecule has 0 radical (unpaired) electrons. The van der Waals surface area contributed by atoms with E-state index >= 15 is 0 Å². The fourth-order valence-corrected chi connectivity index (χ4v) is 2.40. The third kappa shape index (κ3) is 3.70. The molecule has 0 saturated carbocycles. The molecule has 23 heavy (non-hydrogen) atoms. The zero-order chi connectivity index (χ0) is 16.1. The monoisotopic (exact) mass is 323 g/mol. The topological polar surface area (TPSA) is 36.4 Å². The Morgan fingerprint density at radius 2 is 1.70 bits per heavy atom. The minimum Gasteiger partial charge on any atom is -0.329 e. The zero-order valence-corrected chi connectivity index (χ0v) is 13.0. The quantitative estimate of drug-likeness (QED) is 0.429. The standard InChI is InChI=1S/C18H14FN3S/c19-16-10-3-4-11-17(16)21-18(23)22-20-12-14-8-5-7-13-6-1-2-9-15(13)14/h1-12H,(H2,21,22,23)/b20-12-. The lowest BCUT2D eigenvalue weighted by Gasteiger charge is -2.07. The summed E-state index contributed by atoms with van der Waals surface area (Å²) in [5.41, 5.74) is 3.98. The van der Waals surface area contributed by atoms with Gasteiger partial charge in [0.25, 0.3) is 0 Å². The lowest BCUT2D eigenvalue weighted by atomic mass is 10.1. The van der Waals surface area contributed by atoms with E-state index in [0.29, 0.717) is 5.69 Å².